The molecular formula is C13H14F3NO. The van der Waals surface area contributed by atoms with E-state index >= 15 is 0 Å². The van der Waals surface area contributed by atoms with E-state index in [0.29, 0.717) is 6.54 Å². The van der Waals surface area contributed by atoms with Crippen LogP contribution in [0.3, 0.4) is 0 Å². The van der Waals surface area contributed by atoms with Gasteiger partial charge in [-0.15, -0.1) is 0 Å². The summed E-state index contributed by atoms with van der Waals surface area (Å²) in [5.74, 6) is 0. The van der Waals surface area contributed by atoms with Crippen LogP contribution in [-0.2, 0) is 11.0 Å². The number of hydrogen-bond acceptors (Lipinski definition) is 1. The molecule has 1 fully saturated rings. The molecule has 0 bridgehead atoms. The number of hydrogen-bond donors (Lipinski definition) is 0. The molecular weight excluding hydrogens is 243 g/mol. The van der Waals surface area contributed by atoms with E-state index in [1.807, 2.05) is 0 Å². The second kappa shape index (κ2) is 5.00. The van der Waals surface area contributed by atoms with Crippen LogP contribution in [0, 0.1) is 0 Å². The second-order valence-electron chi connectivity index (χ2n) is 4.47. The molecule has 1 amide bonds. The van der Waals surface area contributed by atoms with Gasteiger partial charge in [0.1, 0.15) is 0 Å². The van der Waals surface area contributed by atoms with Gasteiger partial charge < -0.3 is 4.90 Å². The second-order valence-corrected chi connectivity index (χ2v) is 4.47. The number of likely N-dealkylation sites (tertiary alicyclic amines) is 1. The molecule has 0 aliphatic carbocycles. The van der Waals surface area contributed by atoms with Crippen molar-refractivity contribution in [2.24, 2.45) is 0 Å². The fraction of sp³-hybridized carbons (Fsp3) is 0.462. The highest BCUT2D eigenvalue weighted by Crippen LogP contribution is 2.33. The summed E-state index contributed by atoms with van der Waals surface area (Å²) in [6, 6.07) is 5.00. The van der Waals surface area contributed by atoms with Crippen LogP contribution in [0.5, 0.6) is 0 Å². The van der Waals surface area contributed by atoms with Crippen molar-refractivity contribution < 1.29 is 18.0 Å². The zero-order valence-corrected chi connectivity index (χ0v) is 9.78. The van der Waals surface area contributed by atoms with Crippen molar-refractivity contribution in [1.82, 2.24) is 4.90 Å². The van der Waals surface area contributed by atoms with Crippen molar-refractivity contribution in [3.8, 4) is 0 Å². The zero-order valence-electron chi connectivity index (χ0n) is 9.78. The lowest BCUT2D eigenvalue weighted by atomic mass is 9.95. The molecule has 1 atom stereocenters. The molecule has 0 N–H and O–H groups in total. The highest BCUT2D eigenvalue weighted by Gasteiger charge is 2.30. The SMILES string of the molecule is O=CN1CCCCC1c1ccc(C(F)(F)F)cc1. The van der Waals surface area contributed by atoms with Crippen LogP contribution in [0.1, 0.15) is 36.4 Å². The molecule has 0 saturated carbocycles. The van der Waals surface area contributed by atoms with Gasteiger partial charge in [-0.2, -0.15) is 13.2 Å². The summed E-state index contributed by atoms with van der Waals surface area (Å²) in [6.45, 7) is 0.676. The Kier molecular flexibility index (Phi) is 3.59. The van der Waals surface area contributed by atoms with Crippen molar-refractivity contribution in [2.75, 3.05) is 6.54 Å². The number of benzene rings is 1. The quantitative estimate of drug-likeness (QED) is 0.744. The van der Waals surface area contributed by atoms with E-state index in [1.165, 1.54) is 12.1 Å². The smallest absolute Gasteiger partial charge is 0.338 e. The third kappa shape index (κ3) is 2.66. The van der Waals surface area contributed by atoms with Gasteiger partial charge in [-0.1, -0.05) is 12.1 Å². The molecule has 1 aromatic rings. The Morgan fingerprint density at radius 3 is 2.39 bits per heavy atom. The summed E-state index contributed by atoms with van der Waals surface area (Å²) >= 11 is 0. The molecule has 1 aromatic carbocycles. The first kappa shape index (κ1) is 12.9. The maximum absolute atomic E-state index is 12.4. The molecule has 0 radical (unpaired) electrons. The first-order chi connectivity index (χ1) is 8.52. The van der Waals surface area contributed by atoms with Crippen molar-refractivity contribution in [1.29, 1.82) is 0 Å². The molecule has 0 aromatic heterocycles. The van der Waals surface area contributed by atoms with Crippen LogP contribution >= 0.6 is 0 Å². The number of nitrogens with zero attached hydrogens (tertiary/aromatic N) is 1. The lowest BCUT2D eigenvalue weighted by Gasteiger charge is -2.33. The minimum Gasteiger partial charge on any atom is -0.338 e. The van der Waals surface area contributed by atoms with Crippen LogP contribution in [0.15, 0.2) is 24.3 Å². The van der Waals surface area contributed by atoms with Crippen molar-refractivity contribution in [2.45, 2.75) is 31.5 Å². The Labute approximate surface area is 103 Å². The average Bonchev–Trinajstić information content (AvgIpc) is 2.38. The monoisotopic (exact) mass is 257 g/mol. The molecule has 1 heterocycles. The fourth-order valence-corrected chi connectivity index (χ4v) is 2.33. The van der Waals surface area contributed by atoms with E-state index in [2.05, 4.69) is 0 Å². The van der Waals surface area contributed by atoms with Crippen molar-refractivity contribution in [3.05, 3.63) is 35.4 Å². The Balaban J connectivity index is 2.20. The Morgan fingerprint density at radius 1 is 1.17 bits per heavy atom. The largest absolute Gasteiger partial charge is 0.416 e. The Bertz CT molecular complexity index is 413. The van der Waals surface area contributed by atoms with Gasteiger partial charge in [-0.25, -0.2) is 0 Å². The predicted molar refractivity (Wildman–Crippen MR) is 60.8 cm³/mol. The van der Waals surface area contributed by atoms with Gasteiger partial charge in [-0.3, -0.25) is 4.79 Å². The third-order valence-corrected chi connectivity index (χ3v) is 3.30. The number of piperidine rings is 1. The molecule has 1 aliphatic rings. The molecule has 5 heteroatoms. The minimum atomic E-state index is -4.31. The van der Waals surface area contributed by atoms with E-state index in [0.717, 1.165) is 43.4 Å². The molecule has 1 saturated heterocycles. The van der Waals surface area contributed by atoms with Gasteiger partial charge in [0.05, 0.1) is 11.6 Å². The summed E-state index contributed by atoms with van der Waals surface area (Å²) in [5, 5.41) is 0. The standard InChI is InChI=1S/C13H14F3NO/c14-13(15,16)11-6-4-10(5-7-11)12-3-1-2-8-17(12)9-18/h4-7,9,12H,1-3,8H2. The first-order valence-corrected chi connectivity index (χ1v) is 5.90. The van der Waals surface area contributed by atoms with Gasteiger partial charge in [0, 0.05) is 6.54 Å². The van der Waals surface area contributed by atoms with Crippen LogP contribution < -0.4 is 0 Å². The number of rotatable bonds is 2. The summed E-state index contributed by atoms with van der Waals surface area (Å²) in [4.78, 5) is 12.6. The highest BCUT2D eigenvalue weighted by molar-refractivity contribution is 5.49. The fourth-order valence-electron chi connectivity index (χ4n) is 2.33. The van der Waals surface area contributed by atoms with Gasteiger partial charge in [-0.05, 0) is 37.0 Å². The third-order valence-electron chi connectivity index (χ3n) is 3.30. The van der Waals surface area contributed by atoms with E-state index in [-0.39, 0.29) is 6.04 Å². The van der Waals surface area contributed by atoms with Crippen molar-refractivity contribution >= 4 is 6.41 Å². The topological polar surface area (TPSA) is 20.3 Å². The van der Waals surface area contributed by atoms with Gasteiger partial charge >= 0.3 is 6.18 Å². The van der Waals surface area contributed by atoms with Gasteiger partial charge in [0.25, 0.3) is 0 Å². The summed E-state index contributed by atoms with van der Waals surface area (Å²) in [7, 11) is 0. The van der Waals surface area contributed by atoms with E-state index < -0.39 is 11.7 Å². The van der Waals surface area contributed by atoms with Crippen LogP contribution in [-0.4, -0.2) is 17.9 Å². The summed E-state index contributed by atoms with van der Waals surface area (Å²) in [6.07, 6.45) is -0.771. The number of amides is 1. The molecule has 98 valence electrons. The lowest BCUT2D eigenvalue weighted by molar-refractivity contribution is -0.137. The Morgan fingerprint density at radius 2 is 1.83 bits per heavy atom. The number of halogens is 3. The first-order valence-electron chi connectivity index (χ1n) is 5.90. The van der Waals surface area contributed by atoms with E-state index in [4.69, 9.17) is 0 Å². The maximum atomic E-state index is 12.4. The molecule has 2 rings (SSSR count). The normalized spacial score (nSPS) is 20.8. The molecule has 1 unspecified atom stereocenters. The lowest BCUT2D eigenvalue weighted by Crippen LogP contribution is -2.32. The minimum absolute atomic E-state index is 0.0847. The van der Waals surface area contributed by atoms with Crippen LogP contribution in [0.25, 0.3) is 0 Å². The molecule has 18 heavy (non-hydrogen) atoms. The molecule has 2 nitrogen and oxygen atoms in total. The number of alkyl halides is 3. The van der Waals surface area contributed by atoms with Crippen LogP contribution in [0.2, 0.25) is 0 Å². The van der Waals surface area contributed by atoms with Gasteiger partial charge in [0.2, 0.25) is 6.41 Å². The predicted octanol–water partition coefficient (Wildman–Crippen LogP) is 3.39. The van der Waals surface area contributed by atoms with Gasteiger partial charge in [0.15, 0.2) is 0 Å². The van der Waals surface area contributed by atoms with E-state index in [1.54, 1.807) is 4.90 Å². The number of carbonyl (C=O) groups excluding carboxylic acids is 1. The molecule has 1 aliphatic heterocycles. The summed E-state index contributed by atoms with van der Waals surface area (Å²) < 4.78 is 37.3. The average molecular weight is 257 g/mol. The Hall–Kier alpha value is -1.52. The summed E-state index contributed by atoms with van der Waals surface area (Å²) in [5.41, 5.74) is 0.120. The van der Waals surface area contributed by atoms with Crippen molar-refractivity contribution in [3.63, 3.8) is 0 Å². The number of carbonyl (C=O) groups is 1. The molecule has 0 spiro atoms. The zero-order chi connectivity index (χ0) is 13.2. The van der Waals surface area contributed by atoms with Crippen LogP contribution in [0.4, 0.5) is 13.2 Å². The van der Waals surface area contributed by atoms with E-state index in [9.17, 15) is 18.0 Å². The maximum Gasteiger partial charge on any atom is 0.416 e. The highest BCUT2D eigenvalue weighted by atomic mass is 19.4.